The maximum atomic E-state index is 12.8. The summed E-state index contributed by atoms with van der Waals surface area (Å²) in [6.45, 7) is 5.55. The molecule has 0 aliphatic carbocycles. The van der Waals surface area contributed by atoms with Crippen molar-refractivity contribution >= 4 is 29.3 Å². The highest BCUT2D eigenvalue weighted by molar-refractivity contribution is 7.93. The van der Waals surface area contributed by atoms with E-state index in [4.69, 9.17) is 4.55 Å². The van der Waals surface area contributed by atoms with Gasteiger partial charge in [-0.3, -0.25) is 4.79 Å². The predicted octanol–water partition coefficient (Wildman–Crippen LogP) is 4.94. The zero-order valence-electron chi connectivity index (χ0n) is 16.3. The van der Waals surface area contributed by atoms with Gasteiger partial charge in [0.05, 0.1) is 24.3 Å². The van der Waals surface area contributed by atoms with Crippen molar-refractivity contribution in [3.63, 3.8) is 0 Å². The van der Waals surface area contributed by atoms with Gasteiger partial charge in [0, 0.05) is 35.2 Å². The molecule has 7 heteroatoms. The van der Waals surface area contributed by atoms with E-state index in [9.17, 15) is 4.79 Å². The van der Waals surface area contributed by atoms with Crippen molar-refractivity contribution in [3.05, 3.63) is 77.1 Å². The van der Waals surface area contributed by atoms with E-state index in [1.54, 1.807) is 6.20 Å². The Bertz CT molecular complexity index is 1050. The van der Waals surface area contributed by atoms with Gasteiger partial charge in [-0.2, -0.15) is 0 Å². The van der Waals surface area contributed by atoms with Gasteiger partial charge in [0.1, 0.15) is 0 Å². The van der Waals surface area contributed by atoms with E-state index < -0.39 is 0 Å². The summed E-state index contributed by atoms with van der Waals surface area (Å²) in [6.07, 6.45) is 1.75. The molecule has 4 rings (SSSR count). The molecule has 6 nitrogen and oxygen atoms in total. The van der Waals surface area contributed by atoms with Crippen molar-refractivity contribution in [3.8, 4) is 0 Å². The highest BCUT2D eigenvalue weighted by Gasteiger charge is 2.22. The predicted molar refractivity (Wildman–Crippen MR) is 115 cm³/mol. The molecule has 1 aliphatic rings. The molecule has 148 valence electrons. The van der Waals surface area contributed by atoms with E-state index in [1.165, 1.54) is 5.56 Å². The van der Waals surface area contributed by atoms with Crippen LogP contribution in [0.1, 0.15) is 46.9 Å². The van der Waals surface area contributed by atoms with E-state index in [2.05, 4.69) is 40.1 Å². The highest BCUT2D eigenvalue weighted by Crippen LogP contribution is 2.28. The van der Waals surface area contributed by atoms with Crippen molar-refractivity contribution in [1.29, 1.82) is 0 Å². The van der Waals surface area contributed by atoms with Crippen LogP contribution in [-0.4, -0.2) is 20.4 Å². The maximum Gasteiger partial charge on any atom is 0.255 e. The minimum absolute atomic E-state index is 0.136. The second-order valence-electron chi connectivity index (χ2n) is 7.36. The lowest BCUT2D eigenvalue weighted by Gasteiger charge is -2.18. The number of nitrogens with zero attached hydrogens (tertiary/aromatic N) is 3. The molecule has 0 fully saturated rings. The van der Waals surface area contributed by atoms with Gasteiger partial charge in [0.2, 0.25) is 5.16 Å². The Kier molecular flexibility index (Phi) is 5.51. The number of rotatable bonds is 5. The summed E-state index contributed by atoms with van der Waals surface area (Å²) in [6, 6.07) is 15.5. The summed E-state index contributed by atoms with van der Waals surface area (Å²) < 4.78 is 9.15. The summed E-state index contributed by atoms with van der Waals surface area (Å²) in [7, 11) is 0. The van der Waals surface area contributed by atoms with E-state index in [0.717, 1.165) is 22.6 Å². The van der Waals surface area contributed by atoms with Crippen LogP contribution >= 0.6 is 12.0 Å². The second kappa shape index (κ2) is 8.23. The summed E-state index contributed by atoms with van der Waals surface area (Å²) in [5.41, 5.74) is 5.47. The molecule has 3 aromatic rings. The first-order valence-electron chi connectivity index (χ1n) is 9.46. The van der Waals surface area contributed by atoms with E-state index >= 15 is 0 Å². The Balaban J connectivity index is 1.50. The van der Waals surface area contributed by atoms with Crippen LogP contribution in [0.5, 0.6) is 0 Å². The van der Waals surface area contributed by atoms with Crippen LogP contribution in [0.2, 0.25) is 0 Å². The van der Waals surface area contributed by atoms with Crippen molar-refractivity contribution < 1.29 is 9.35 Å². The second-order valence-corrected chi connectivity index (χ2v) is 7.90. The molecule has 1 aromatic heterocycles. The fraction of sp³-hybridized carbons (Fsp3) is 0.227. The largest absolute Gasteiger partial charge is 0.361 e. The van der Waals surface area contributed by atoms with Crippen molar-refractivity contribution in [1.82, 2.24) is 9.97 Å². The number of hydrogen-bond donors (Lipinski definition) is 2. The van der Waals surface area contributed by atoms with Crippen molar-refractivity contribution in [2.45, 2.75) is 38.0 Å². The van der Waals surface area contributed by atoms with Crippen LogP contribution in [-0.2, 0) is 13.1 Å². The van der Waals surface area contributed by atoms with Crippen LogP contribution in [0.4, 0.5) is 11.4 Å². The van der Waals surface area contributed by atoms with E-state index in [1.807, 2.05) is 42.5 Å². The third-order valence-electron chi connectivity index (χ3n) is 5.00. The van der Waals surface area contributed by atoms with E-state index in [0.29, 0.717) is 41.8 Å². The Morgan fingerprint density at radius 1 is 1.17 bits per heavy atom. The van der Waals surface area contributed by atoms with Crippen LogP contribution in [0, 0.1) is 0 Å². The van der Waals surface area contributed by atoms with Gasteiger partial charge < -0.3 is 14.8 Å². The molecular formula is C22H22N4O2S. The van der Waals surface area contributed by atoms with Gasteiger partial charge in [0.15, 0.2) is 0 Å². The topological polar surface area (TPSA) is 78.4 Å². The van der Waals surface area contributed by atoms with Crippen molar-refractivity contribution in [2.75, 3.05) is 10.2 Å². The van der Waals surface area contributed by atoms with Gasteiger partial charge in [0.25, 0.3) is 5.91 Å². The van der Waals surface area contributed by atoms with Crippen LogP contribution in [0.15, 0.2) is 59.9 Å². The van der Waals surface area contributed by atoms with Gasteiger partial charge in [-0.25, -0.2) is 9.97 Å². The lowest BCUT2D eigenvalue weighted by Crippen LogP contribution is -2.17. The number of benzene rings is 2. The molecule has 0 saturated carbocycles. The molecule has 0 saturated heterocycles. The first kappa shape index (κ1) is 19.4. The number of aromatic nitrogens is 2. The molecule has 29 heavy (non-hydrogen) atoms. The molecule has 0 unspecified atom stereocenters. The van der Waals surface area contributed by atoms with Crippen LogP contribution < -0.4 is 10.2 Å². The first-order valence-corrected chi connectivity index (χ1v) is 10.2. The monoisotopic (exact) mass is 406 g/mol. The summed E-state index contributed by atoms with van der Waals surface area (Å²) in [5, 5.41) is 3.34. The Morgan fingerprint density at radius 3 is 2.79 bits per heavy atom. The van der Waals surface area contributed by atoms with Crippen LogP contribution in [0.25, 0.3) is 0 Å². The minimum Gasteiger partial charge on any atom is -0.361 e. The molecule has 0 spiro atoms. The number of amides is 1. The summed E-state index contributed by atoms with van der Waals surface area (Å²) in [4.78, 5) is 23.4. The Hall–Kier alpha value is -2.90. The fourth-order valence-electron chi connectivity index (χ4n) is 3.38. The lowest BCUT2D eigenvalue weighted by molar-refractivity contribution is 0.102. The Morgan fingerprint density at radius 2 is 2.00 bits per heavy atom. The molecule has 0 atom stereocenters. The van der Waals surface area contributed by atoms with Gasteiger partial charge in [-0.1, -0.05) is 32.0 Å². The first-order chi connectivity index (χ1) is 14.0. The fourth-order valence-corrected chi connectivity index (χ4v) is 3.64. The molecular weight excluding hydrogens is 384 g/mol. The normalized spacial score (nSPS) is 12.9. The molecule has 2 heterocycles. The summed E-state index contributed by atoms with van der Waals surface area (Å²) >= 11 is 0.548. The average Bonchev–Trinajstić information content (AvgIpc) is 3.17. The molecule has 0 bridgehead atoms. The summed E-state index contributed by atoms with van der Waals surface area (Å²) in [5.74, 6) is 0.267. The molecule has 1 amide bonds. The number of anilines is 2. The third-order valence-corrected chi connectivity index (χ3v) is 5.36. The lowest BCUT2D eigenvalue weighted by atomic mass is 10.0. The Labute approximate surface area is 174 Å². The molecule has 0 radical (unpaired) electrons. The standard InChI is InChI=1S/C22H22N4O2S/c1-14(2)15-5-3-7-18(9-15)24-21(27)16-6-4-8-19(10-16)26-12-17-11-23-22(29-28)25-20(17)13-26/h3-11,14,28H,12-13H2,1-2H3,(H,24,27). The zero-order chi connectivity index (χ0) is 20.4. The molecule has 1 aliphatic heterocycles. The van der Waals surface area contributed by atoms with Crippen LogP contribution in [0.3, 0.4) is 0 Å². The minimum atomic E-state index is -0.136. The quantitative estimate of drug-likeness (QED) is 0.462. The van der Waals surface area contributed by atoms with Crippen molar-refractivity contribution in [2.24, 2.45) is 0 Å². The maximum absolute atomic E-state index is 12.8. The van der Waals surface area contributed by atoms with Gasteiger partial charge in [-0.15, -0.1) is 0 Å². The molecule has 2 N–H and O–H groups in total. The zero-order valence-corrected chi connectivity index (χ0v) is 17.1. The van der Waals surface area contributed by atoms with Gasteiger partial charge in [-0.05, 0) is 41.8 Å². The number of hydrogen-bond acceptors (Lipinski definition) is 6. The molecule has 2 aromatic carbocycles. The highest BCUT2D eigenvalue weighted by atomic mass is 32.2. The SMILES string of the molecule is CC(C)c1cccc(NC(=O)c2cccc(N3Cc4cnc(SO)nc4C3)c2)c1. The number of carbonyl (C=O) groups is 1. The third kappa shape index (κ3) is 4.26. The average molecular weight is 407 g/mol. The number of nitrogens with one attached hydrogen (secondary N) is 1. The van der Waals surface area contributed by atoms with E-state index in [-0.39, 0.29) is 5.91 Å². The van der Waals surface area contributed by atoms with Gasteiger partial charge >= 0.3 is 0 Å². The number of carbonyl (C=O) groups excluding carboxylic acids is 1. The number of fused-ring (bicyclic) bond motifs is 1. The smallest absolute Gasteiger partial charge is 0.255 e.